The Hall–Kier alpha value is -4.00. The van der Waals surface area contributed by atoms with Gasteiger partial charge >= 0.3 is 0 Å². The minimum Gasteiger partial charge on any atom is -0.352 e. The lowest BCUT2D eigenvalue weighted by molar-refractivity contribution is 0.0955. The summed E-state index contributed by atoms with van der Waals surface area (Å²) in [4.78, 5) is 30.5. The Balaban J connectivity index is 1.50. The van der Waals surface area contributed by atoms with Gasteiger partial charge in [0.1, 0.15) is 0 Å². The van der Waals surface area contributed by atoms with Crippen LogP contribution >= 0.6 is 0 Å². The number of para-hydroxylation sites is 1. The number of fused-ring (bicyclic) bond motifs is 1. The third kappa shape index (κ3) is 4.92. The highest BCUT2D eigenvalue weighted by molar-refractivity contribution is 6.10. The van der Waals surface area contributed by atoms with E-state index in [1.54, 1.807) is 43.5 Å². The van der Waals surface area contributed by atoms with Crippen molar-refractivity contribution in [2.24, 2.45) is 0 Å². The molecular formula is C26H27N5O2. The number of nitrogens with one attached hydrogen (secondary N) is 2. The number of rotatable bonds is 7. The SMILES string of the molecule is Cc1nc2c(cnn2C(C)C)cc1C(=O)Nc1ccccc1C(=O)NCCc1ccccc1. The number of amides is 2. The molecule has 0 fully saturated rings. The Labute approximate surface area is 192 Å². The first-order valence-corrected chi connectivity index (χ1v) is 11.0. The maximum Gasteiger partial charge on any atom is 0.257 e. The van der Waals surface area contributed by atoms with Crippen LogP contribution in [-0.2, 0) is 6.42 Å². The van der Waals surface area contributed by atoms with E-state index in [0.29, 0.717) is 29.1 Å². The van der Waals surface area contributed by atoms with E-state index < -0.39 is 0 Å². The zero-order valence-electron chi connectivity index (χ0n) is 19.0. The summed E-state index contributed by atoms with van der Waals surface area (Å²) in [7, 11) is 0. The summed E-state index contributed by atoms with van der Waals surface area (Å²) in [6.07, 6.45) is 2.45. The summed E-state index contributed by atoms with van der Waals surface area (Å²) in [5.74, 6) is -0.547. The third-order valence-electron chi connectivity index (χ3n) is 5.46. The van der Waals surface area contributed by atoms with Gasteiger partial charge in [0.15, 0.2) is 5.65 Å². The molecule has 4 aromatic rings. The topological polar surface area (TPSA) is 88.9 Å². The number of pyridine rings is 1. The predicted molar refractivity (Wildman–Crippen MR) is 130 cm³/mol. The van der Waals surface area contributed by atoms with Crippen molar-refractivity contribution in [1.82, 2.24) is 20.1 Å². The molecule has 0 aliphatic carbocycles. The minimum absolute atomic E-state index is 0.168. The van der Waals surface area contributed by atoms with Gasteiger partial charge in [0, 0.05) is 18.0 Å². The van der Waals surface area contributed by atoms with E-state index in [2.05, 4.69) is 20.7 Å². The smallest absolute Gasteiger partial charge is 0.257 e. The molecule has 168 valence electrons. The third-order valence-corrected chi connectivity index (χ3v) is 5.46. The highest BCUT2D eigenvalue weighted by Crippen LogP contribution is 2.21. The highest BCUT2D eigenvalue weighted by atomic mass is 16.2. The first-order valence-electron chi connectivity index (χ1n) is 11.0. The maximum atomic E-state index is 13.1. The number of carbonyl (C=O) groups is 2. The predicted octanol–water partition coefficient (Wildman–Crippen LogP) is 4.55. The van der Waals surface area contributed by atoms with Crippen molar-refractivity contribution in [3.63, 3.8) is 0 Å². The summed E-state index contributed by atoms with van der Waals surface area (Å²) < 4.78 is 1.83. The van der Waals surface area contributed by atoms with Gasteiger partial charge in [0.2, 0.25) is 0 Å². The number of benzene rings is 2. The van der Waals surface area contributed by atoms with E-state index in [1.807, 2.05) is 48.9 Å². The number of nitrogens with zero attached hydrogens (tertiary/aromatic N) is 3. The standard InChI is InChI=1S/C26H27N5O2/c1-17(2)31-24-20(16-28-31)15-22(18(3)29-24)26(33)30-23-12-8-7-11-21(23)25(32)27-14-13-19-9-5-4-6-10-19/h4-12,15-17H,13-14H2,1-3H3,(H,27,32)(H,30,33). The second kappa shape index (κ2) is 9.65. The minimum atomic E-state index is -0.316. The number of aromatic nitrogens is 3. The number of aryl methyl sites for hydroxylation is 1. The van der Waals surface area contributed by atoms with E-state index in [1.165, 1.54) is 0 Å². The molecule has 2 aromatic carbocycles. The summed E-state index contributed by atoms with van der Waals surface area (Å²) in [6.45, 7) is 6.37. The van der Waals surface area contributed by atoms with Crippen LogP contribution in [0.15, 0.2) is 66.9 Å². The quantitative estimate of drug-likeness (QED) is 0.440. The molecule has 4 rings (SSSR count). The van der Waals surface area contributed by atoms with E-state index in [0.717, 1.165) is 23.0 Å². The molecule has 7 nitrogen and oxygen atoms in total. The van der Waals surface area contributed by atoms with Crippen molar-refractivity contribution in [2.45, 2.75) is 33.2 Å². The number of anilines is 1. The molecule has 0 aliphatic rings. The first-order chi connectivity index (χ1) is 15.9. The monoisotopic (exact) mass is 441 g/mol. The van der Waals surface area contributed by atoms with Crippen LogP contribution in [0.25, 0.3) is 11.0 Å². The lowest BCUT2D eigenvalue weighted by atomic mass is 10.1. The lowest BCUT2D eigenvalue weighted by Gasteiger charge is -2.13. The molecule has 2 heterocycles. The Bertz CT molecular complexity index is 1290. The van der Waals surface area contributed by atoms with Gasteiger partial charge in [-0.3, -0.25) is 9.59 Å². The highest BCUT2D eigenvalue weighted by Gasteiger charge is 2.18. The fraction of sp³-hybridized carbons (Fsp3) is 0.231. The van der Waals surface area contributed by atoms with Gasteiger partial charge in [-0.15, -0.1) is 0 Å². The molecule has 0 bridgehead atoms. The molecule has 0 radical (unpaired) electrons. The molecule has 0 saturated carbocycles. The van der Waals surface area contributed by atoms with Crippen LogP contribution in [0.4, 0.5) is 5.69 Å². The molecule has 2 amide bonds. The van der Waals surface area contributed by atoms with Crippen LogP contribution in [0.3, 0.4) is 0 Å². The zero-order valence-corrected chi connectivity index (χ0v) is 19.0. The van der Waals surface area contributed by atoms with E-state index in [-0.39, 0.29) is 17.9 Å². The van der Waals surface area contributed by atoms with Crippen LogP contribution < -0.4 is 10.6 Å². The van der Waals surface area contributed by atoms with Gasteiger partial charge in [-0.2, -0.15) is 5.10 Å². The van der Waals surface area contributed by atoms with Gasteiger partial charge < -0.3 is 10.6 Å². The molecular weight excluding hydrogens is 414 g/mol. The van der Waals surface area contributed by atoms with Crippen LogP contribution in [0.5, 0.6) is 0 Å². The van der Waals surface area contributed by atoms with Crippen molar-refractivity contribution in [3.05, 3.63) is 89.2 Å². The summed E-state index contributed by atoms with van der Waals surface area (Å²) >= 11 is 0. The summed E-state index contributed by atoms with van der Waals surface area (Å²) in [5, 5.41) is 11.0. The molecule has 0 aliphatic heterocycles. The normalized spacial score (nSPS) is 11.0. The van der Waals surface area contributed by atoms with E-state index >= 15 is 0 Å². The largest absolute Gasteiger partial charge is 0.352 e. The van der Waals surface area contributed by atoms with Gasteiger partial charge in [-0.1, -0.05) is 42.5 Å². The summed E-state index contributed by atoms with van der Waals surface area (Å²) in [5.41, 5.74) is 3.82. The van der Waals surface area contributed by atoms with Gasteiger partial charge in [0.05, 0.1) is 28.7 Å². The lowest BCUT2D eigenvalue weighted by Crippen LogP contribution is -2.27. The van der Waals surface area contributed by atoms with Crippen LogP contribution in [0, 0.1) is 6.92 Å². The Morgan fingerprint density at radius 3 is 2.45 bits per heavy atom. The van der Waals surface area contributed by atoms with Crippen molar-refractivity contribution < 1.29 is 9.59 Å². The van der Waals surface area contributed by atoms with E-state index in [4.69, 9.17) is 0 Å². The van der Waals surface area contributed by atoms with Gasteiger partial charge in [-0.25, -0.2) is 9.67 Å². The van der Waals surface area contributed by atoms with Crippen molar-refractivity contribution in [2.75, 3.05) is 11.9 Å². The Kier molecular flexibility index (Phi) is 6.49. The van der Waals surface area contributed by atoms with E-state index in [9.17, 15) is 9.59 Å². The molecule has 33 heavy (non-hydrogen) atoms. The Morgan fingerprint density at radius 2 is 1.70 bits per heavy atom. The average molecular weight is 442 g/mol. The molecule has 2 aromatic heterocycles. The zero-order chi connectivity index (χ0) is 23.4. The van der Waals surface area contributed by atoms with Gasteiger partial charge in [0.25, 0.3) is 11.8 Å². The molecule has 7 heteroatoms. The maximum absolute atomic E-state index is 13.1. The van der Waals surface area contributed by atoms with Crippen molar-refractivity contribution in [1.29, 1.82) is 0 Å². The van der Waals surface area contributed by atoms with Crippen molar-refractivity contribution in [3.8, 4) is 0 Å². The van der Waals surface area contributed by atoms with Crippen LogP contribution in [0.1, 0.15) is 51.9 Å². The van der Waals surface area contributed by atoms with Crippen LogP contribution in [-0.4, -0.2) is 33.1 Å². The number of hydrogen-bond donors (Lipinski definition) is 2. The average Bonchev–Trinajstić information content (AvgIpc) is 3.22. The number of carbonyl (C=O) groups excluding carboxylic acids is 2. The fourth-order valence-corrected chi connectivity index (χ4v) is 3.71. The second-order valence-electron chi connectivity index (χ2n) is 8.21. The molecule has 0 saturated heterocycles. The molecule has 0 unspecified atom stereocenters. The molecule has 0 atom stereocenters. The first kappa shape index (κ1) is 22.2. The second-order valence-corrected chi connectivity index (χ2v) is 8.21. The Morgan fingerprint density at radius 1 is 0.970 bits per heavy atom. The fourth-order valence-electron chi connectivity index (χ4n) is 3.71. The summed E-state index contributed by atoms with van der Waals surface area (Å²) in [6, 6.07) is 18.9. The van der Waals surface area contributed by atoms with Crippen molar-refractivity contribution >= 4 is 28.5 Å². The number of hydrogen-bond acceptors (Lipinski definition) is 4. The van der Waals surface area contributed by atoms with Gasteiger partial charge in [-0.05, 0) is 51.0 Å². The molecule has 0 spiro atoms. The molecule has 2 N–H and O–H groups in total. The van der Waals surface area contributed by atoms with Crippen LogP contribution in [0.2, 0.25) is 0 Å².